The van der Waals surface area contributed by atoms with Gasteiger partial charge in [-0.05, 0) is 37.0 Å². The molecule has 2 unspecified atom stereocenters. The molecule has 2 nitrogen and oxygen atoms in total. The summed E-state index contributed by atoms with van der Waals surface area (Å²) in [6, 6.07) is 1.67. The summed E-state index contributed by atoms with van der Waals surface area (Å²) in [5, 5.41) is 3.72. The molecule has 0 aromatic rings. The largest absolute Gasteiger partial charge is 0.311 e. The molecular formula is C14H26N2. The minimum Gasteiger partial charge on any atom is -0.311 e. The Hall–Kier alpha value is -0.0800. The summed E-state index contributed by atoms with van der Waals surface area (Å²) in [7, 11) is 0. The van der Waals surface area contributed by atoms with Crippen molar-refractivity contribution in [1.29, 1.82) is 0 Å². The van der Waals surface area contributed by atoms with Crippen LogP contribution in [0, 0.1) is 11.3 Å². The number of hydrogen-bond acceptors (Lipinski definition) is 2. The average molecular weight is 222 g/mol. The van der Waals surface area contributed by atoms with E-state index in [9.17, 15) is 0 Å². The van der Waals surface area contributed by atoms with Gasteiger partial charge in [0.25, 0.3) is 0 Å². The fourth-order valence-corrected chi connectivity index (χ4v) is 3.88. The van der Waals surface area contributed by atoms with E-state index in [1.165, 1.54) is 51.7 Å². The topological polar surface area (TPSA) is 15.3 Å². The van der Waals surface area contributed by atoms with Crippen LogP contribution in [0.4, 0.5) is 0 Å². The SMILES string of the molecule is CC1(C)CCCC1N1CCNC(C2CC2)C1. The molecule has 2 atom stereocenters. The van der Waals surface area contributed by atoms with Gasteiger partial charge in [0.05, 0.1) is 0 Å². The van der Waals surface area contributed by atoms with Crippen molar-refractivity contribution in [3.8, 4) is 0 Å². The molecule has 0 radical (unpaired) electrons. The highest BCUT2D eigenvalue weighted by molar-refractivity contribution is 4.97. The van der Waals surface area contributed by atoms with E-state index >= 15 is 0 Å². The zero-order valence-corrected chi connectivity index (χ0v) is 10.8. The molecule has 16 heavy (non-hydrogen) atoms. The molecular weight excluding hydrogens is 196 g/mol. The first kappa shape index (κ1) is 11.0. The summed E-state index contributed by atoms with van der Waals surface area (Å²) in [5.74, 6) is 1.01. The van der Waals surface area contributed by atoms with Crippen LogP contribution in [0.2, 0.25) is 0 Å². The Morgan fingerprint density at radius 2 is 2.00 bits per heavy atom. The fraction of sp³-hybridized carbons (Fsp3) is 1.00. The zero-order chi connectivity index (χ0) is 11.2. The van der Waals surface area contributed by atoms with Crippen LogP contribution in [0.25, 0.3) is 0 Å². The second-order valence-corrected chi connectivity index (χ2v) is 6.79. The Bertz CT molecular complexity index is 257. The van der Waals surface area contributed by atoms with Gasteiger partial charge < -0.3 is 5.32 Å². The van der Waals surface area contributed by atoms with E-state index in [2.05, 4.69) is 24.1 Å². The Kier molecular flexibility index (Phi) is 2.75. The number of hydrogen-bond donors (Lipinski definition) is 1. The number of piperazine rings is 1. The van der Waals surface area contributed by atoms with Crippen molar-refractivity contribution >= 4 is 0 Å². The van der Waals surface area contributed by atoms with E-state index in [0.717, 1.165) is 18.0 Å². The third-order valence-electron chi connectivity index (χ3n) is 5.07. The third kappa shape index (κ3) is 2.02. The molecule has 1 heterocycles. The van der Waals surface area contributed by atoms with Gasteiger partial charge in [-0.15, -0.1) is 0 Å². The van der Waals surface area contributed by atoms with E-state index < -0.39 is 0 Å². The highest BCUT2D eigenvalue weighted by Gasteiger charge is 2.42. The lowest BCUT2D eigenvalue weighted by molar-refractivity contribution is 0.0772. The van der Waals surface area contributed by atoms with Gasteiger partial charge in [-0.3, -0.25) is 4.90 Å². The predicted molar refractivity (Wildman–Crippen MR) is 67.5 cm³/mol. The van der Waals surface area contributed by atoms with Gasteiger partial charge in [0.1, 0.15) is 0 Å². The third-order valence-corrected chi connectivity index (χ3v) is 5.07. The minimum atomic E-state index is 0.561. The number of nitrogens with one attached hydrogen (secondary N) is 1. The number of nitrogens with zero attached hydrogens (tertiary/aromatic N) is 1. The van der Waals surface area contributed by atoms with Crippen molar-refractivity contribution in [1.82, 2.24) is 10.2 Å². The van der Waals surface area contributed by atoms with Gasteiger partial charge in [-0.25, -0.2) is 0 Å². The normalized spacial score (nSPS) is 40.1. The van der Waals surface area contributed by atoms with Crippen molar-refractivity contribution in [3.63, 3.8) is 0 Å². The molecule has 1 saturated heterocycles. The Morgan fingerprint density at radius 3 is 2.62 bits per heavy atom. The Morgan fingerprint density at radius 1 is 1.19 bits per heavy atom. The van der Waals surface area contributed by atoms with Crippen molar-refractivity contribution in [2.45, 2.75) is 58.0 Å². The lowest BCUT2D eigenvalue weighted by Crippen LogP contribution is -2.56. The first-order valence-corrected chi connectivity index (χ1v) is 7.14. The first-order valence-electron chi connectivity index (χ1n) is 7.14. The molecule has 3 aliphatic rings. The molecule has 0 bridgehead atoms. The maximum atomic E-state index is 3.72. The van der Waals surface area contributed by atoms with Crippen LogP contribution in [-0.2, 0) is 0 Å². The summed E-state index contributed by atoms with van der Waals surface area (Å²) < 4.78 is 0. The van der Waals surface area contributed by atoms with Gasteiger partial charge in [0.15, 0.2) is 0 Å². The van der Waals surface area contributed by atoms with Gasteiger partial charge in [0, 0.05) is 31.7 Å². The summed E-state index contributed by atoms with van der Waals surface area (Å²) in [4.78, 5) is 2.80. The van der Waals surface area contributed by atoms with Crippen LogP contribution in [0.3, 0.4) is 0 Å². The van der Waals surface area contributed by atoms with Crippen LogP contribution < -0.4 is 5.32 Å². The van der Waals surface area contributed by atoms with E-state index in [1.807, 2.05) is 0 Å². The summed E-state index contributed by atoms with van der Waals surface area (Å²) in [6.45, 7) is 8.75. The van der Waals surface area contributed by atoms with Crippen LogP contribution in [-0.4, -0.2) is 36.6 Å². The Labute approximate surface area is 99.8 Å². The molecule has 3 fully saturated rings. The standard InChI is InChI=1S/C14H26N2/c1-14(2)7-3-4-13(14)16-9-8-15-12(10-16)11-5-6-11/h11-13,15H,3-10H2,1-2H3. The quantitative estimate of drug-likeness (QED) is 0.771. The lowest BCUT2D eigenvalue weighted by Gasteiger charge is -2.43. The number of rotatable bonds is 2. The molecule has 0 aromatic carbocycles. The highest BCUT2D eigenvalue weighted by atomic mass is 15.2. The maximum absolute atomic E-state index is 3.72. The second-order valence-electron chi connectivity index (χ2n) is 6.79. The minimum absolute atomic E-state index is 0.561. The molecule has 0 aromatic heterocycles. The van der Waals surface area contributed by atoms with Crippen LogP contribution in [0.5, 0.6) is 0 Å². The van der Waals surface area contributed by atoms with E-state index in [0.29, 0.717) is 5.41 Å². The molecule has 0 amide bonds. The van der Waals surface area contributed by atoms with Crippen LogP contribution in [0.15, 0.2) is 0 Å². The Balaban J connectivity index is 1.65. The van der Waals surface area contributed by atoms with E-state index in [-0.39, 0.29) is 0 Å². The van der Waals surface area contributed by atoms with Gasteiger partial charge in [-0.1, -0.05) is 20.3 Å². The smallest absolute Gasteiger partial charge is 0.0223 e. The van der Waals surface area contributed by atoms with E-state index in [4.69, 9.17) is 0 Å². The van der Waals surface area contributed by atoms with Crippen LogP contribution >= 0.6 is 0 Å². The summed E-state index contributed by atoms with van der Waals surface area (Å²) >= 11 is 0. The van der Waals surface area contributed by atoms with Crippen LogP contribution in [0.1, 0.15) is 46.0 Å². The molecule has 92 valence electrons. The summed E-state index contributed by atoms with van der Waals surface area (Å²) in [6.07, 6.45) is 7.24. The zero-order valence-electron chi connectivity index (χ0n) is 10.8. The molecule has 2 heteroatoms. The molecule has 3 rings (SSSR count). The van der Waals surface area contributed by atoms with Crippen molar-refractivity contribution < 1.29 is 0 Å². The van der Waals surface area contributed by atoms with Gasteiger partial charge >= 0.3 is 0 Å². The van der Waals surface area contributed by atoms with Crippen molar-refractivity contribution in [2.75, 3.05) is 19.6 Å². The lowest BCUT2D eigenvalue weighted by atomic mass is 9.85. The molecule has 0 spiro atoms. The van der Waals surface area contributed by atoms with E-state index in [1.54, 1.807) is 0 Å². The average Bonchev–Trinajstić information content (AvgIpc) is 3.03. The maximum Gasteiger partial charge on any atom is 0.0223 e. The second kappa shape index (κ2) is 3.99. The van der Waals surface area contributed by atoms with Gasteiger partial charge in [0.2, 0.25) is 0 Å². The molecule has 2 aliphatic carbocycles. The predicted octanol–water partition coefficient (Wildman–Crippen LogP) is 2.25. The summed E-state index contributed by atoms with van der Waals surface area (Å²) in [5.41, 5.74) is 0.561. The first-order chi connectivity index (χ1) is 7.67. The van der Waals surface area contributed by atoms with Crippen molar-refractivity contribution in [3.05, 3.63) is 0 Å². The molecule has 2 saturated carbocycles. The molecule has 1 aliphatic heterocycles. The highest BCUT2D eigenvalue weighted by Crippen LogP contribution is 2.42. The van der Waals surface area contributed by atoms with Gasteiger partial charge in [-0.2, -0.15) is 0 Å². The monoisotopic (exact) mass is 222 g/mol. The molecule has 1 N–H and O–H groups in total. The fourth-order valence-electron chi connectivity index (χ4n) is 3.88. The van der Waals surface area contributed by atoms with Crippen molar-refractivity contribution in [2.24, 2.45) is 11.3 Å².